The number of fused-ring (bicyclic) bond motifs is 1. The summed E-state index contributed by atoms with van der Waals surface area (Å²) in [7, 11) is 1.76. The Hall–Kier alpha value is -2.21. The number of aromatic nitrogens is 2. The maximum atomic E-state index is 12.0. The molecular weight excluding hydrogens is 316 g/mol. The fourth-order valence-corrected chi connectivity index (χ4v) is 2.90. The van der Waals surface area contributed by atoms with Crippen molar-refractivity contribution in [3.8, 4) is 5.75 Å². The van der Waals surface area contributed by atoms with Crippen molar-refractivity contribution in [2.24, 2.45) is 0 Å². The zero-order chi connectivity index (χ0) is 16.4. The number of halogens is 1. The van der Waals surface area contributed by atoms with Crippen molar-refractivity contribution in [3.63, 3.8) is 0 Å². The number of ether oxygens (including phenoxy) is 1. The lowest BCUT2D eigenvalue weighted by Gasteiger charge is -2.32. The van der Waals surface area contributed by atoms with Crippen molar-refractivity contribution in [1.29, 1.82) is 0 Å². The number of carbonyl (C=O) groups excluding carboxylic acids is 1. The molecule has 2 heterocycles. The summed E-state index contributed by atoms with van der Waals surface area (Å²) in [5, 5.41) is 0.516. The molecule has 6 nitrogen and oxygen atoms in total. The number of benzene rings is 1. The molecule has 0 radical (unpaired) electrons. The summed E-state index contributed by atoms with van der Waals surface area (Å²) in [4.78, 5) is 22.9. The molecule has 0 bridgehead atoms. The highest BCUT2D eigenvalue weighted by Crippen LogP contribution is 2.42. The van der Waals surface area contributed by atoms with Gasteiger partial charge in [0.2, 0.25) is 5.91 Å². The lowest BCUT2D eigenvalue weighted by Crippen LogP contribution is -2.33. The van der Waals surface area contributed by atoms with E-state index in [0.29, 0.717) is 30.3 Å². The second-order valence-electron chi connectivity index (χ2n) is 5.43. The van der Waals surface area contributed by atoms with Crippen LogP contribution in [0.2, 0.25) is 5.02 Å². The minimum atomic E-state index is 0.0397. The summed E-state index contributed by atoms with van der Waals surface area (Å²) in [6.45, 7) is 3.84. The Labute approximate surface area is 140 Å². The second kappa shape index (κ2) is 6.50. The molecule has 1 aromatic heterocycles. The molecule has 3 rings (SSSR count). The number of hydrogen-bond acceptors (Lipinski definition) is 4. The van der Waals surface area contributed by atoms with Crippen molar-refractivity contribution in [2.45, 2.75) is 19.9 Å². The van der Waals surface area contributed by atoms with Gasteiger partial charge in [0.05, 0.1) is 35.8 Å². The normalized spacial score (nSPS) is 13.4. The fraction of sp³-hybridized carbons (Fsp3) is 0.375. The minimum Gasteiger partial charge on any atom is -0.488 e. The van der Waals surface area contributed by atoms with E-state index in [1.807, 2.05) is 13.0 Å². The molecule has 0 spiro atoms. The van der Waals surface area contributed by atoms with Gasteiger partial charge in [-0.2, -0.15) is 0 Å². The van der Waals surface area contributed by atoms with Crippen LogP contribution in [0.4, 0.5) is 11.4 Å². The summed E-state index contributed by atoms with van der Waals surface area (Å²) in [6, 6.07) is 3.72. The van der Waals surface area contributed by atoms with Crippen LogP contribution in [-0.2, 0) is 11.3 Å². The molecule has 122 valence electrons. The van der Waals surface area contributed by atoms with Crippen LogP contribution in [0.15, 0.2) is 24.7 Å². The van der Waals surface area contributed by atoms with Gasteiger partial charge >= 0.3 is 0 Å². The molecule has 1 aliphatic rings. The van der Waals surface area contributed by atoms with Gasteiger partial charge in [-0.1, -0.05) is 18.5 Å². The Bertz CT molecular complexity index is 702. The van der Waals surface area contributed by atoms with E-state index in [9.17, 15) is 4.79 Å². The smallest absolute Gasteiger partial charge is 0.226 e. The monoisotopic (exact) mass is 334 g/mol. The third-order valence-electron chi connectivity index (χ3n) is 3.94. The van der Waals surface area contributed by atoms with E-state index in [2.05, 4.69) is 14.9 Å². The first-order chi connectivity index (χ1) is 11.1. The van der Waals surface area contributed by atoms with Crippen LogP contribution < -0.4 is 14.5 Å². The second-order valence-corrected chi connectivity index (χ2v) is 5.84. The van der Waals surface area contributed by atoms with E-state index in [0.717, 1.165) is 23.6 Å². The molecular formula is C16H19ClN4O2. The van der Waals surface area contributed by atoms with Crippen LogP contribution in [0.3, 0.4) is 0 Å². The van der Waals surface area contributed by atoms with Crippen LogP contribution in [0.5, 0.6) is 5.75 Å². The van der Waals surface area contributed by atoms with E-state index in [1.165, 1.54) is 0 Å². The minimum absolute atomic E-state index is 0.0397. The molecule has 0 aliphatic carbocycles. The number of anilines is 2. The van der Waals surface area contributed by atoms with Crippen LogP contribution in [0, 0.1) is 0 Å². The molecule has 1 aromatic carbocycles. The molecule has 0 atom stereocenters. The Morgan fingerprint density at radius 3 is 3.04 bits per heavy atom. The van der Waals surface area contributed by atoms with Crippen molar-refractivity contribution in [1.82, 2.24) is 9.97 Å². The van der Waals surface area contributed by atoms with Gasteiger partial charge in [-0.15, -0.1) is 0 Å². The average Bonchev–Trinajstić information content (AvgIpc) is 3.07. The number of H-pyrrole nitrogens is 1. The molecule has 0 unspecified atom stereocenters. The number of carbonyl (C=O) groups is 1. The van der Waals surface area contributed by atoms with Crippen molar-refractivity contribution in [3.05, 3.63) is 35.4 Å². The maximum Gasteiger partial charge on any atom is 0.226 e. The third kappa shape index (κ3) is 3.12. The Morgan fingerprint density at radius 1 is 1.52 bits per heavy atom. The SMILES string of the molecule is CCC(=O)N(C)c1cc(Cl)c2c(c1)N(Cc1cnc[nH]1)CCO2. The van der Waals surface area contributed by atoms with E-state index in [-0.39, 0.29) is 5.91 Å². The van der Waals surface area contributed by atoms with Crippen molar-refractivity contribution in [2.75, 3.05) is 30.0 Å². The number of nitrogens with zero attached hydrogens (tertiary/aromatic N) is 3. The molecule has 0 saturated heterocycles. The number of nitrogens with one attached hydrogen (secondary N) is 1. The Balaban J connectivity index is 1.96. The highest BCUT2D eigenvalue weighted by atomic mass is 35.5. The van der Waals surface area contributed by atoms with E-state index >= 15 is 0 Å². The summed E-state index contributed by atoms with van der Waals surface area (Å²) in [5.41, 5.74) is 2.67. The van der Waals surface area contributed by atoms with Crippen LogP contribution in [0.25, 0.3) is 0 Å². The number of amides is 1. The first-order valence-electron chi connectivity index (χ1n) is 7.55. The molecule has 7 heteroatoms. The van der Waals surface area contributed by atoms with Crippen LogP contribution >= 0.6 is 11.6 Å². The topological polar surface area (TPSA) is 61.5 Å². The lowest BCUT2D eigenvalue weighted by atomic mass is 10.2. The number of rotatable bonds is 4. The number of imidazole rings is 1. The van der Waals surface area contributed by atoms with Gasteiger partial charge in [-0.25, -0.2) is 4.98 Å². The Kier molecular flexibility index (Phi) is 4.43. The standard InChI is InChI=1S/C16H19ClN4O2/c1-3-15(22)20(2)12-6-13(17)16-14(7-12)21(4-5-23-16)9-11-8-18-10-19-11/h6-8,10H,3-5,9H2,1-2H3,(H,18,19). The predicted octanol–water partition coefficient (Wildman–Crippen LogP) is 2.83. The van der Waals surface area contributed by atoms with E-state index in [4.69, 9.17) is 16.3 Å². The molecule has 2 aromatic rings. The fourth-order valence-electron chi connectivity index (χ4n) is 2.64. The highest BCUT2D eigenvalue weighted by Gasteiger charge is 2.23. The first kappa shape index (κ1) is 15.7. The zero-order valence-electron chi connectivity index (χ0n) is 13.2. The highest BCUT2D eigenvalue weighted by molar-refractivity contribution is 6.33. The van der Waals surface area contributed by atoms with Crippen LogP contribution in [0.1, 0.15) is 19.0 Å². The van der Waals surface area contributed by atoms with Crippen molar-refractivity contribution < 1.29 is 9.53 Å². The maximum absolute atomic E-state index is 12.0. The summed E-state index contributed by atoms with van der Waals surface area (Å²) in [5.74, 6) is 0.705. The average molecular weight is 335 g/mol. The first-order valence-corrected chi connectivity index (χ1v) is 7.93. The van der Waals surface area contributed by atoms with Gasteiger partial charge in [0.25, 0.3) is 0 Å². The lowest BCUT2D eigenvalue weighted by molar-refractivity contribution is -0.118. The van der Waals surface area contributed by atoms with Gasteiger partial charge < -0.3 is 19.5 Å². The summed E-state index contributed by atoms with van der Waals surface area (Å²) < 4.78 is 5.72. The van der Waals surface area contributed by atoms with Gasteiger partial charge in [-0.05, 0) is 12.1 Å². The molecule has 1 amide bonds. The molecule has 1 N–H and O–H groups in total. The van der Waals surface area contributed by atoms with E-state index < -0.39 is 0 Å². The van der Waals surface area contributed by atoms with Gasteiger partial charge in [0.15, 0.2) is 5.75 Å². The molecule has 0 saturated carbocycles. The van der Waals surface area contributed by atoms with Crippen molar-refractivity contribution >= 4 is 28.9 Å². The zero-order valence-corrected chi connectivity index (χ0v) is 13.9. The van der Waals surface area contributed by atoms with Gasteiger partial charge in [0.1, 0.15) is 6.61 Å². The number of hydrogen-bond donors (Lipinski definition) is 1. The van der Waals surface area contributed by atoms with Gasteiger partial charge in [0, 0.05) is 25.4 Å². The molecule has 0 fully saturated rings. The van der Waals surface area contributed by atoms with Crippen LogP contribution in [-0.4, -0.2) is 36.1 Å². The predicted molar refractivity (Wildman–Crippen MR) is 90.3 cm³/mol. The summed E-state index contributed by atoms with van der Waals surface area (Å²) >= 11 is 6.38. The number of aromatic amines is 1. The Morgan fingerprint density at radius 2 is 2.35 bits per heavy atom. The quantitative estimate of drug-likeness (QED) is 0.934. The summed E-state index contributed by atoms with van der Waals surface area (Å²) in [6.07, 6.45) is 3.90. The largest absolute Gasteiger partial charge is 0.488 e. The third-order valence-corrected chi connectivity index (χ3v) is 4.22. The molecule has 23 heavy (non-hydrogen) atoms. The van der Waals surface area contributed by atoms with Gasteiger partial charge in [-0.3, -0.25) is 4.79 Å². The molecule has 1 aliphatic heterocycles. The van der Waals surface area contributed by atoms with E-state index in [1.54, 1.807) is 30.5 Å².